The lowest BCUT2D eigenvalue weighted by Crippen LogP contribution is -2.39. The summed E-state index contributed by atoms with van der Waals surface area (Å²) in [5.74, 6) is 0.189. The van der Waals surface area contributed by atoms with Crippen molar-refractivity contribution in [2.75, 3.05) is 0 Å². The maximum absolute atomic E-state index is 13.4. The molecule has 1 amide bonds. The summed E-state index contributed by atoms with van der Waals surface area (Å²) in [5.41, 5.74) is 3.16. The Morgan fingerprint density at radius 1 is 1.11 bits per heavy atom. The van der Waals surface area contributed by atoms with E-state index < -0.39 is 4.75 Å². The second-order valence-corrected chi connectivity index (χ2v) is 8.42. The zero-order valence-corrected chi connectivity index (χ0v) is 16.9. The van der Waals surface area contributed by atoms with Crippen molar-refractivity contribution in [1.29, 1.82) is 0 Å². The fourth-order valence-electron chi connectivity index (χ4n) is 3.59. The molecular formula is C24H25NOS. The molecule has 2 nitrogen and oxygen atoms in total. The van der Waals surface area contributed by atoms with Crippen LogP contribution >= 0.6 is 11.8 Å². The number of nitrogens with zero attached hydrogens (tertiary/aromatic N) is 1. The molecule has 1 aliphatic rings. The Bertz CT molecular complexity index is 898. The average molecular weight is 376 g/mol. The second kappa shape index (κ2) is 8.10. The van der Waals surface area contributed by atoms with Crippen molar-refractivity contribution >= 4 is 22.7 Å². The van der Waals surface area contributed by atoms with Crippen LogP contribution in [0.3, 0.4) is 0 Å². The number of aliphatic imine (C=N–C) groups is 1. The van der Waals surface area contributed by atoms with Crippen molar-refractivity contribution in [3.8, 4) is 0 Å². The van der Waals surface area contributed by atoms with E-state index in [0.29, 0.717) is 0 Å². The molecule has 2 atom stereocenters. The van der Waals surface area contributed by atoms with E-state index in [4.69, 9.17) is 0 Å². The summed E-state index contributed by atoms with van der Waals surface area (Å²) in [6, 6.07) is 18.2. The van der Waals surface area contributed by atoms with Crippen molar-refractivity contribution in [3.63, 3.8) is 0 Å². The number of hydrogen-bond acceptors (Lipinski definition) is 2. The van der Waals surface area contributed by atoms with Gasteiger partial charge in [-0.15, -0.1) is 0 Å². The highest BCUT2D eigenvalue weighted by molar-refractivity contribution is 8.16. The SMILES string of the molecule is C=C/C=C/[C@@H](C(C)C)[C@@]1(c2ccccc2)SC(c2cccc(C)c2)=NC1=O. The summed E-state index contributed by atoms with van der Waals surface area (Å²) in [6.45, 7) is 10.2. The molecule has 0 radical (unpaired) electrons. The Morgan fingerprint density at radius 2 is 1.85 bits per heavy atom. The smallest absolute Gasteiger partial charge is 0.268 e. The zero-order chi connectivity index (χ0) is 19.4. The van der Waals surface area contributed by atoms with Gasteiger partial charge >= 0.3 is 0 Å². The number of thioether (sulfide) groups is 1. The van der Waals surface area contributed by atoms with E-state index in [1.165, 1.54) is 0 Å². The zero-order valence-electron chi connectivity index (χ0n) is 16.1. The maximum atomic E-state index is 13.4. The van der Waals surface area contributed by atoms with Crippen molar-refractivity contribution < 1.29 is 4.79 Å². The normalized spacial score (nSPS) is 20.9. The number of carbonyl (C=O) groups is 1. The molecule has 0 spiro atoms. The molecule has 1 heterocycles. The molecule has 0 N–H and O–H groups in total. The van der Waals surface area contributed by atoms with E-state index in [1.807, 2.05) is 48.5 Å². The van der Waals surface area contributed by atoms with Crippen molar-refractivity contribution in [1.82, 2.24) is 0 Å². The number of rotatable bonds is 6. The Hall–Kier alpha value is -2.39. The van der Waals surface area contributed by atoms with E-state index in [1.54, 1.807) is 17.8 Å². The van der Waals surface area contributed by atoms with Gasteiger partial charge in [0.1, 0.15) is 9.79 Å². The minimum absolute atomic E-state index is 0.00135. The molecular weight excluding hydrogens is 350 g/mol. The highest BCUT2D eigenvalue weighted by Gasteiger charge is 2.52. The van der Waals surface area contributed by atoms with E-state index in [9.17, 15) is 4.79 Å². The highest BCUT2D eigenvalue weighted by Crippen LogP contribution is 2.52. The first-order chi connectivity index (χ1) is 13.0. The van der Waals surface area contributed by atoms with Crippen LogP contribution in [-0.4, -0.2) is 11.0 Å². The standard InChI is InChI=1S/C24H25NOS/c1-5-6-15-21(17(2)3)24(20-13-8-7-9-14-20)23(26)25-22(27-24)19-12-10-11-18(4)16-19/h5-17,21H,1H2,2-4H3/b15-6+/t21-,24+/m0/s1. The number of carbonyl (C=O) groups excluding carboxylic acids is 1. The molecule has 3 rings (SSSR count). The van der Waals surface area contributed by atoms with E-state index in [0.717, 1.165) is 21.7 Å². The van der Waals surface area contributed by atoms with Gasteiger partial charge in [-0.25, -0.2) is 4.99 Å². The van der Waals surface area contributed by atoms with Crippen LogP contribution in [0.15, 0.2) is 84.4 Å². The van der Waals surface area contributed by atoms with Gasteiger partial charge in [0.05, 0.1) is 0 Å². The van der Waals surface area contributed by atoms with Crippen LogP contribution in [0.2, 0.25) is 0 Å². The molecule has 27 heavy (non-hydrogen) atoms. The van der Waals surface area contributed by atoms with Crippen LogP contribution in [0.1, 0.15) is 30.5 Å². The first-order valence-corrected chi connectivity index (χ1v) is 10.0. The second-order valence-electron chi connectivity index (χ2n) is 7.19. The third-order valence-corrected chi connectivity index (χ3v) is 6.41. The maximum Gasteiger partial charge on any atom is 0.268 e. The molecule has 0 saturated heterocycles. The molecule has 138 valence electrons. The van der Waals surface area contributed by atoms with Crippen LogP contribution in [0.5, 0.6) is 0 Å². The largest absolute Gasteiger partial charge is 0.271 e. The van der Waals surface area contributed by atoms with Gasteiger partial charge in [-0.3, -0.25) is 4.79 Å². The summed E-state index contributed by atoms with van der Waals surface area (Å²) in [6.07, 6.45) is 5.80. The topological polar surface area (TPSA) is 29.4 Å². The Balaban J connectivity index is 2.14. The summed E-state index contributed by atoms with van der Waals surface area (Å²) in [4.78, 5) is 17.9. The Morgan fingerprint density at radius 3 is 2.48 bits per heavy atom. The van der Waals surface area contributed by atoms with Crippen LogP contribution < -0.4 is 0 Å². The number of allylic oxidation sites excluding steroid dienone is 3. The minimum atomic E-state index is -0.756. The first-order valence-electron chi connectivity index (χ1n) is 9.23. The predicted molar refractivity (Wildman–Crippen MR) is 116 cm³/mol. The summed E-state index contributed by atoms with van der Waals surface area (Å²) < 4.78 is -0.756. The van der Waals surface area contributed by atoms with Crippen LogP contribution in [0.25, 0.3) is 0 Å². The Labute approximate surface area is 166 Å². The molecule has 3 heteroatoms. The van der Waals surface area contributed by atoms with Crippen LogP contribution in [0.4, 0.5) is 0 Å². The van der Waals surface area contributed by atoms with Gasteiger partial charge in [-0.2, -0.15) is 0 Å². The molecule has 0 unspecified atom stereocenters. The van der Waals surface area contributed by atoms with Gasteiger partial charge in [0.2, 0.25) is 0 Å². The summed E-state index contributed by atoms with van der Waals surface area (Å²) in [7, 11) is 0. The number of aryl methyl sites for hydroxylation is 1. The van der Waals surface area contributed by atoms with Gasteiger partial charge in [-0.05, 0) is 24.5 Å². The van der Waals surface area contributed by atoms with Crippen molar-refractivity contribution in [3.05, 3.63) is 96.1 Å². The van der Waals surface area contributed by atoms with Gasteiger partial charge in [-0.1, -0.05) is 105 Å². The fourth-order valence-corrected chi connectivity index (χ4v) is 5.14. The molecule has 0 fully saturated rings. The number of hydrogen-bond donors (Lipinski definition) is 0. The minimum Gasteiger partial charge on any atom is -0.271 e. The monoisotopic (exact) mass is 375 g/mol. The van der Waals surface area contributed by atoms with E-state index in [-0.39, 0.29) is 17.7 Å². The van der Waals surface area contributed by atoms with Gasteiger partial charge in [0.25, 0.3) is 5.91 Å². The van der Waals surface area contributed by atoms with Gasteiger partial charge in [0, 0.05) is 11.5 Å². The van der Waals surface area contributed by atoms with Gasteiger partial charge < -0.3 is 0 Å². The summed E-state index contributed by atoms with van der Waals surface area (Å²) in [5, 5.41) is 0.796. The molecule has 0 aliphatic carbocycles. The molecule has 2 aromatic rings. The van der Waals surface area contributed by atoms with Crippen molar-refractivity contribution in [2.24, 2.45) is 16.8 Å². The predicted octanol–water partition coefficient (Wildman–Crippen LogP) is 5.92. The number of benzene rings is 2. The fraction of sp³-hybridized carbons (Fsp3) is 0.250. The summed E-state index contributed by atoms with van der Waals surface area (Å²) >= 11 is 1.58. The van der Waals surface area contributed by atoms with Crippen LogP contribution in [-0.2, 0) is 9.54 Å². The quantitative estimate of drug-likeness (QED) is 0.586. The average Bonchev–Trinajstić information content (AvgIpc) is 3.01. The molecule has 0 bridgehead atoms. The molecule has 0 saturated carbocycles. The third-order valence-electron chi connectivity index (χ3n) is 4.89. The lowest BCUT2D eigenvalue weighted by molar-refractivity contribution is -0.121. The van der Waals surface area contributed by atoms with E-state index in [2.05, 4.69) is 50.6 Å². The molecule has 0 aromatic heterocycles. The molecule has 1 aliphatic heterocycles. The lowest BCUT2D eigenvalue weighted by Gasteiger charge is -2.35. The first kappa shape index (κ1) is 19.4. The van der Waals surface area contributed by atoms with Crippen LogP contribution in [0, 0.1) is 18.8 Å². The Kier molecular flexibility index (Phi) is 5.81. The third kappa shape index (κ3) is 3.70. The number of amides is 1. The lowest BCUT2D eigenvalue weighted by atomic mass is 9.77. The van der Waals surface area contributed by atoms with Crippen molar-refractivity contribution in [2.45, 2.75) is 25.5 Å². The van der Waals surface area contributed by atoms with E-state index >= 15 is 0 Å². The molecule has 2 aromatic carbocycles. The van der Waals surface area contributed by atoms with Gasteiger partial charge in [0.15, 0.2) is 0 Å². The highest BCUT2D eigenvalue weighted by atomic mass is 32.2.